The van der Waals surface area contributed by atoms with Crippen molar-refractivity contribution in [2.45, 2.75) is 51.0 Å². The lowest BCUT2D eigenvalue weighted by Gasteiger charge is -2.25. The predicted octanol–water partition coefficient (Wildman–Crippen LogP) is 5.41. The van der Waals surface area contributed by atoms with Gasteiger partial charge in [-0.3, -0.25) is 4.68 Å². The molecular weight excluding hydrogens is 324 g/mol. The molecule has 1 atom stereocenters. The highest BCUT2D eigenvalue weighted by Crippen LogP contribution is 2.33. The van der Waals surface area contributed by atoms with Gasteiger partial charge in [-0.2, -0.15) is 15.5 Å². The summed E-state index contributed by atoms with van der Waals surface area (Å²) in [6.45, 7) is 4.20. The van der Waals surface area contributed by atoms with E-state index in [4.69, 9.17) is 0 Å². The first-order chi connectivity index (χ1) is 12.7. The van der Waals surface area contributed by atoms with Crippen LogP contribution in [-0.2, 0) is 0 Å². The summed E-state index contributed by atoms with van der Waals surface area (Å²) in [5.74, 6) is 1.40. The number of nitrogens with one attached hydrogen (secondary N) is 1. The highest BCUT2D eigenvalue weighted by atomic mass is 15.3. The molecule has 0 bridgehead atoms. The van der Waals surface area contributed by atoms with Crippen LogP contribution in [0.1, 0.15) is 62.1 Å². The van der Waals surface area contributed by atoms with Crippen molar-refractivity contribution in [3.05, 3.63) is 42.4 Å². The van der Waals surface area contributed by atoms with Crippen molar-refractivity contribution in [1.82, 2.24) is 14.8 Å². The van der Waals surface area contributed by atoms with Crippen molar-refractivity contribution in [3.8, 4) is 6.07 Å². The van der Waals surface area contributed by atoms with Gasteiger partial charge in [0.25, 0.3) is 0 Å². The molecule has 0 aromatic carbocycles. The van der Waals surface area contributed by atoms with Crippen molar-refractivity contribution in [1.29, 1.82) is 5.26 Å². The molecule has 6 heteroatoms. The molecule has 1 aliphatic carbocycles. The predicted molar refractivity (Wildman–Crippen MR) is 102 cm³/mol. The summed E-state index contributed by atoms with van der Waals surface area (Å²) in [6.07, 6.45) is 13.7. The fraction of sp³-hybridized carbons (Fsp3) is 0.500. The maximum atomic E-state index is 9.25. The summed E-state index contributed by atoms with van der Waals surface area (Å²) in [5.41, 5.74) is 2.72. The average molecular weight is 350 g/mol. The van der Waals surface area contributed by atoms with Gasteiger partial charge >= 0.3 is 0 Å². The summed E-state index contributed by atoms with van der Waals surface area (Å²) in [5, 5.41) is 21.7. The highest BCUT2D eigenvalue weighted by molar-refractivity contribution is 5.82. The standard InChI is InChI=1S/C20H26N6/c1-15(19-9-11-23-20(19)25-22-2)17-13-24-26(14-17)18(8-10-21)12-16-6-4-3-5-7-16/h9,11,13-14,16,18,23H,1,3-8,12H2,2H3. The molecule has 0 amide bonds. The Morgan fingerprint density at radius 2 is 2.27 bits per heavy atom. The normalized spacial score (nSPS) is 16.6. The number of aromatic amines is 1. The first-order valence-corrected chi connectivity index (χ1v) is 9.31. The van der Waals surface area contributed by atoms with Crippen LogP contribution in [0.5, 0.6) is 0 Å². The van der Waals surface area contributed by atoms with E-state index in [-0.39, 0.29) is 6.04 Å². The van der Waals surface area contributed by atoms with Crippen molar-refractivity contribution >= 4 is 11.4 Å². The number of hydrogen-bond donors (Lipinski definition) is 1. The maximum Gasteiger partial charge on any atom is 0.160 e. The van der Waals surface area contributed by atoms with Gasteiger partial charge in [-0.15, -0.1) is 5.11 Å². The molecule has 0 aliphatic heterocycles. The van der Waals surface area contributed by atoms with E-state index in [0.717, 1.165) is 23.1 Å². The van der Waals surface area contributed by atoms with Crippen molar-refractivity contribution in [2.75, 3.05) is 7.05 Å². The van der Waals surface area contributed by atoms with Gasteiger partial charge in [0.1, 0.15) is 0 Å². The quantitative estimate of drug-likeness (QED) is 0.677. The lowest BCUT2D eigenvalue weighted by molar-refractivity contribution is 0.278. The van der Waals surface area contributed by atoms with Crippen LogP contribution in [0.15, 0.2) is 41.5 Å². The molecule has 2 aromatic heterocycles. The minimum absolute atomic E-state index is 0.130. The number of nitriles is 1. The zero-order chi connectivity index (χ0) is 18.4. The van der Waals surface area contributed by atoms with Gasteiger partial charge < -0.3 is 4.98 Å². The third kappa shape index (κ3) is 4.10. The molecule has 3 rings (SSSR count). The topological polar surface area (TPSA) is 82.1 Å². The van der Waals surface area contributed by atoms with Crippen LogP contribution >= 0.6 is 0 Å². The van der Waals surface area contributed by atoms with E-state index in [1.54, 1.807) is 7.05 Å². The van der Waals surface area contributed by atoms with Crippen LogP contribution < -0.4 is 0 Å². The molecule has 0 radical (unpaired) electrons. The van der Waals surface area contributed by atoms with E-state index in [1.807, 2.05) is 29.3 Å². The number of hydrogen-bond acceptors (Lipinski definition) is 4. The minimum Gasteiger partial charge on any atom is -0.345 e. The number of nitrogens with zero attached hydrogens (tertiary/aromatic N) is 5. The third-order valence-electron chi connectivity index (χ3n) is 5.23. The van der Waals surface area contributed by atoms with Crippen molar-refractivity contribution < 1.29 is 0 Å². The van der Waals surface area contributed by atoms with E-state index in [1.165, 1.54) is 32.1 Å². The molecule has 1 unspecified atom stereocenters. The maximum absolute atomic E-state index is 9.25. The molecule has 1 N–H and O–H groups in total. The molecule has 0 spiro atoms. The molecule has 1 fully saturated rings. The van der Waals surface area contributed by atoms with Gasteiger partial charge in [-0.05, 0) is 24.0 Å². The Balaban J connectivity index is 1.76. The van der Waals surface area contributed by atoms with E-state index in [9.17, 15) is 5.26 Å². The Morgan fingerprint density at radius 3 is 3.00 bits per heavy atom. The van der Waals surface area contributed by atoms with Gasteiger partial charge in [-0.25, -0.2) is 0 Å². The van der Waals surface area contributed by atoms with E-state index < -0.39 is 0 Å². The molecule has 1 saturated carbocycles. The first-order valence-electron chi connectivity index (χ1n) is 9.31. The molecule has 26 heavy (non-hydrogen) atoms. The Morgan fingerprint density at radius 1 is 1.46 bits per heavy atom. The Bertz CT molecular complexity index is 800. The van der Waals surface area contributed by atoms with Crippen LogP contribution in [0.3, 0.4) is 0 Å². The molecule has 0 saturated heterocycles. The SMILES string of the molecule is C=C(c1cnn(C(CC#N)CC2CCCCC2)c1)c1cc[nH]c1N=NC. The summed E-state index contributed by atoms with van der Waals surface area (Å²) in [6, 6.07) is 4.41. The molecule has 2 heterocycles. The molecule has 2 aromatic rings. The number of H-pyrrole nitrogens is 1. The Labute approximate surface area is 154 Å². The second kappa shape index (κ2) is 8.61. The van der Waals surface area contributed by atoms with Crippen LogP contribution in [-0.4, -0.2) is 21.8 Å². The van der Waals surface area contributed by atoms with Gasteiger partial charge in [0.05, 0.1) is 24.7 Å². The monoisotopic (exact) mass is 350 g/mol. The molecule has 136 valence electrons. The summed E-state index contributed by atoms with van der Waals surface area (Å²) < 4.78 is 1.95. The van der Waals surface area contributed by atoms with Gasteiger partial charge in [0.15, 0.2) is 5.82 Å². The van der Waals surface area contributed by atoms with Crippen LogP contribution in [0.25, 0.3) is 5.57 Å². The number of aromatic nitrogens is 3. The van der Waals surface area contributed by atoms with E-state index in [0.29, 0.717) is 18.2 Å². The summed E-state index contributed by atoms with van der Waals surface area (Å²) >= 11 is 0. The van der Waals surface area contributed by atoms with E-state index in [2.05, 4.69) is 33.0 Å². The van der Waals surface area contributed by atoms with Gasteiger partial charge in [-0.1, -0.05) is 38.7 Å². The van der Waals surface area contributed by atoms with Crippen molar-refractivity contribution in [3.63, 3.8) is 0 Å². The zero-order valence-corrected chi connectivity index (χ0v) is 15.4. The average Bonchev–Trinajstić information content (AvgIpc) is 3.32. The molecular formula is C20H26N6. The lowest BCUT2D eigenvalue weighted by Crippen LogP contribution is -2.16. The Kier molecular flexibility index (Phi) is 6.00. The van der Waals surface area contributed by atoms with Crippen LogP contribution in [0.4, 0.5) is 5.82 Å². The van der Waals surface area contributed by atoms with Gasteiger partial charge in [0.2, 0.25) is 0 Å². The van der Waals surface area contributed by atoms with E-state index >= 15 is 0 Å². The second-order valence-corrected chi connectivity index (χ2v) is 6.98. The van der Waals surface area contributed by atoms with Crippen LogP contribution in [0, 0.1) is 17.2 Å². The number of azo groups is 1. The summed E-state index contributed by atoms with van der Waals surface area (Å²) in [7, 11) is 1.64. The lowest BCUT2D eigenvalue weighted by atomic mass is 9.84. The molecule has 6 nitrogen and oxygen atoms in total. The highest BCUT2D eigenvalue weighted by Gasteiger charge is 2.21. The largest absolute Gasteiger partial charge is 0.345 e. The second-order valence-electron chi connectivity index (χ2n) is 6.98. The zero-order valence-electron chi connectivity index (χ0n) is 15.4. The summed E-state index contributed by atoms with van der Waals surface area (Å²) in [4.78, 5) is 3.07. The third-order valence-corrected chi connectivity index (χ3v) is 5.23. The molecule has 1 aliphatic rings. The Hall–Kier alpha value is -2.68. The van der Waals surface area contributed by atoms with Gasteiger partial charge in [0, 0.05) is 30.6 Å². The smallest absolute Gasteiger partial charge is 0.160 e. The fourth-order valence-corrected chi connectivity index (χ4v) is 3.83. The number of rotatable bonds is 7. The fourth-order valence-electron chi connectivity index (χ4n) is 3.83. The first kappa shape index (κ1) is 18.1. The van der Waals surface area contributed by atoms with Crippen LogP contribution in [0.2, 0.25) is 0 Å². The van der Waals surface area contributed by atoms with Crippen molar-refractivity contribution in [2.24, 2.45) is 16.1 Å². The minimum atomic E-state index is 0.130.